The summed E-state index contributed by atoms with van der Waals surface area (Å²) in [5.74, 6) is 1.22. The first-order valence-electron chi connectivity index (χ1n) is 10.9. The Kier molecular flexibility index (Phi) is 5.66. The number of aromatic nitrogens is 1. The predicted octanol–water partition coefficient (Wildman–Crippen LogP) is 4.56. The molecule has 0 fully saturated rings. The van der Waals surface area contributed by atoms with Crippen LogP contribution in [0.4, 0.5) is 5.69 Å². The van der Waals surface area contributed by atoms with Crippen molar-refractivity contribution in [3.05, 3.63) is 98.3 Å². The minimum Gasteiger partial charge on any atom is -0.493 e. The first kappa shape index (κ1) is 22.1. The third-order valence-corrected chi connectivity index (χ3v) is 6.12. The Bertz CT molecular complexity index is 1530. The van der Waals surface area contributed by atoms with Gasteiger partial charge >= 0.3 is 0 Å². The molecule has 1 aromatic heterocycles. The van der Waals surface area contributed by atoms with Gasteiger partial charge in [0, 0.05) is 35.0 Å². The third-order valence-electron chi connectivity index (χ3n) is 6.12. The highest BCUT2D eigenvalue weighted by atomic mass is 16.6. The van der Waals surface area contributed by atoms with Crippen LogP contribution in [-0.4, -0.2) is 29.8 Å². The molecule has 4 aromatic rings. The number of methoxy groups -OCH3 is 2. The van der Waals surface area contributed by atoms with Gasteiger partial charge in [0.25, 0.3) is 11.2 Å². The number of hydrogen-bond donors (Lipinski definition) is 2. The number of rotatable bonds is 6. The molecule has 0 radical (unpaired) electrons. The molecule has 0 amide bonds. The van der Waals surface area contributed by atoms with Crippen molar-refractivity contribution in [1.82, 2.24) is 10.4 Å². The number of fused-ring (bicyclic) bond motifs is 1. The number of nitro groups is 1. The molecule has 0 aliphatic carbocycles. The number of benzene rings is 3. The van der Waals surface area contributed by atoms with Gasteiger partial charge in [-0.3, -0.25) is 14.9 Å². The van der Waals surface area contributed by atoms with Crippen molar-refractivity contribution in [1.29, 1.82) is 0 Å². The smallest absolute Gasteiger partial charge is 0.270 e. The van der Waals surface area contributed by atoms with Crippen LogP contribution in [0.5, 0.6) is 11.5 Å². The number of H-pyrrole nitrogens is 1. The molecule has 2 heterocycles. The average Bonchev–Trinajstić information content (AvgIpc) is 3.37. The molecular formula is C26H22N4O5. The molecule has 1 atom stereocenters. The molecule has 1 aliphatic heterocycles. The highest BCUT2D eigenvalue weighted by Crippen LogP contribution is 2.36. The Labute approximate surface area is 200 Å². The lowest BCUT2D eigenvalue weighted by atomic mass is 9.91. The van der Waals surface area contributed by atoms with E-state index in [1.807, 2.05) is 48.5 Å². The Morgan fingerprint density at radius 2 is 1.74 bits per heavy atom. The van der Waals surface area contributed by atoms with Gasteiger partial charge in [0.15, 0.2) is 11.5 Å². The van der Waals surface area contributed by atoms with E-state index in [4.69, 9.17) is 9.47 Å². The number of aromatic amines is 1. The third kappa shape index (κ3) is 3.97. The molecule has 35 heavy (non-hydrogen) atoms. The van der Waals surface area contributed by atoms with Crippen LogP contribution in [-0.2, 0) is 0 Å². The molecule has 0 bridgehead atoms. The zero-order chi connectivity index (χ0) is 24.5. The maximum atomic E-state index is 13.3. The fourth-order valence-corrected chi connectivity index (χ4v) is 4.44. The van der Waals surface area contributed by atoms with Crippen LogP contribution in [0.15, 0.2) is 76.6 Å². The molecule has 0 saturated carbocycles. The highest BCUT2D eigenvalue weighted by molar-refractivity contribution is 6.12. The normalized spacial score (nSPS) is 14.9. The second kappa shape index (κ2) is 8.94. The second-order valence-electron chi connectivity index (χ2n) is 8.12. The molecule has 9 nitrogen and oxygen atoms in total. The molecule has 1 aliphatic rings. The predicted molar refractivity (Wildman–Crippen MR) is 133 cm³/mol. The van der Waals surface area contributed by atoms with Crippen molar-refractivity contribution in [2.24, 2.45) is 5.10 Å². The lowest BCUT2D eigenvalue weighted by molar-refractivity contribution is -0.384. The Hall–Kier alpha value is -4.66. The van der Waals surface area contributed by atoms with Gasteiger partial charge < -0.3 is 19.9 Å². The van der Waals surface area contributed by atoms with Crippen molar-refractivity contribution in [3.8, 4) is 22.6 Å². The monoisotopic (exact) mass is 470 g/mol. The number of nitrogens with one attached hydrogen (secondary N) is 2. The number of ether oxygens (including phenoxy) is 2. The van der Waals surface area contributed by atoms with Gasteiger partial charge in [0.2, 0.25) is 0 Å². The second-order valence-corrected chi connectivity index (χ2v) is 8.12. The summed E-state index contributed by atoms with van der Waals surface area (Å²) in [6.45, 7) is 0. The Morgan fingerprint density at radius 1 is 0.971 bits per heavy atom. The number of non-ortho nitro benzene ring substituents is 1. The van der Waals surface area contributed by atoms with Crippen LogP contribution in [0.2, 0.25) is 0 Å². The largest absolute Gasteiger partial charge is 0.493 e. The summed E-state index contributed by atoms with van der Waals surface area (Å²) in [6.07, 6.45) is 0.443. The van der Waals surface area contributed by atoms with Gasteiger partial charge in [-0.1, -0.05) is 36.4 Å². The van der Waals surface area contributed by atoms with Crippen LogP contribution in [0, 0.1) is 10.1 Å². The zero-order valence-corrected chi connectivity index (χ0v) is 19.1. The summed E-state index contributed by atoms with van der Waals surface area (Å²) in [4.78, 5) is 27.2. The SMILES string of the molecule is COc1ccc([C@@H]2CC(c3c(-c4ccccc4)c4cc([N+](=O)[O-])ccc4[nH]c3=O)=NN2)cc1OC. The minimum absolute atomic E-state index is 0.0534. The lowest BCUT2D eigenvalue weighted by Gasteiger charge is -2.15. The van der Waals surface area contributed by atoms with Crippen LogP contribution >= 0.6 is 0 Å². The molecular weight excluding hydrogens is 448 g/mol. The molecule has 0 spiro atoms. The maximum absolute atomic E-state index is 13.3. The van der Waals surface area contributed by atoms with Crippen molar-refractivity contribution in [2.45, 2.75) is 12.5 Å². The topological polar surface area (TPSA) is 119 Å². The summed E-state index contributed by atoms with van der Waals surface area (Å²) < 4.78 is 10.7. The zero-order valence-electron chi connectivity index (χ0n) is 19.1. The standard InChI is InChI=1S/C26H22N4O5/c1-34-22-11-8-16(12-23(22)35-2)20-14-21(29-28-20)25-24(15-6-4-3-5-7-15)18-13-17(30(32)33)9-10-19(18)27-26(25)31/h3-13,20,28H,14H2,1-2H3,(H,27,31)/t20-/m0/s1. The minimum atomic E-state index is -0.444. The van der Waals surface area contributed by atoms with E-state index in [-0.39, 0.29) is 17.3 Å². The molecule has 176 valence electrons. The van der Waals surface area contributed by atoms with Crippen LogP contribution < -0.4 is 20.5 Å². The first-order chi connectivity index (χ1) is 17.0. The average molecular weight is 470 g/mol. The van der Waals surface area contributed by atoms with Crippen molar-refractivity contribution in [3.63, 3.8) is 0 Å². The van der Waals surface area contributed by atoms with E-state index in [9.17, 15) is 14.9 Å². The molecule has 0 unspecified atom stereocenters. The van der Waals surface area contributed by atoms with Gasteiger partial charge in [-0.2, -0.15) is 5.10 Å². The van der Waals surface area contributed by atoms with Crippen molar-refractivity contribution < 1.29 is 14.4 Å². The van der Waals surface area contributed by atoms with E-state index in [0.29, 0.717) is 45.7 Å². The van der Waals surface area contributed by atoms with Crippen molar-refractivity contribution >= 4 is 22.3 Å². The summed E-state index contributed by atoms with van der Waals surface area (Å²) in [6, 6.07) is 19.2. The number of hydrazone groups is 1. The molecule has 9 heteroatoms. The van der Waals surface area contributed by atoms with Crippen LogP contribution in [0.1, 0.15) is 23.6 Å². The molecule has 5 rings (SSSR count). The van der Waals surface area contributed by atoms with E-state index >= 15 is 0 Å². The van der Waals surface area contributed by atoms with Gasteiger partial charge in [0.1, 0.15) is 0 Å². The van der Waals surface area contributed by atoms with E-state index in [2.05, 4.69) is 15.5 Å². The van der Waals surface area contributed by atoms with Gasteiger partial charge in [0.05, 0.1) is 36.5 Å². The van der Waals surface area contributed by atoms with Gasteiger partial charge in [-0.05, 0) is 29.3 Å². The summed E-state index contributed by atoms with van der Waals surface area (Å²) in [5, 5.41) is 16.6. The lowest BCUT2D eigenvalue weighted by Crippen LogP contribution is -2.20. The van der Waals surface area contributed by atoms with E-state index in [1.54, 1.807) is 20.3 Å². The summed E-state index contributed by atoms with van der Waals surface area (Å²) in [5.41, 5.74) is 6.55. The van der Waals surface area contributed by atoms with E-state index in [1.165, 1.54) is 12.1 Å². The Morgan fingerprint density at radius 3 is 2.46 bits per heavy atom. The quantitative estimate of drug-likeness (QED) is 0.315. The fourth-order valence-electron chi connectivity index (χ4n) is 4.44. The van der Waals surface area contributed by atoms with E-state index in [0.717, 1.165) is 11.1 Å². The van der Waals surface area contributed by atoms with Crippen LogP contribution in [0.3, 0.4) is 0 Å². The highest BCUT2D eigenvalue weighted by Gasteiger charge is 2.28. The van der Waals surface area contributed by atoms with E-state index < -0.39 is 4.92 Å². The molecule has 0 saturated heterocycles. The van der Waals surface area contributed by atoms with Crippen molar-refractivity contribution in [2.75, 3.05) is 14.2 Å². The number of pyridine rings is 1. The maximum Gasteiger partial charge on any atom is 0.270 e. The van der Waals surface area contributed by atoms with Crippen LogP contribution in [0.25, 0.3) is 22.0 Å². The molecule has 2 N–H and O–H groups in total. The number of hydrogen-bond acceptors (Lipinski definition) is 7. The van der Waals surface area contributed by atoms with Gasteiger partial charge in [-0.15, -0.1) is 0 Å². The first-order valence-corrected chi connectivity index (χ1v) is 10.9. The van der Waals surface area contributed by atoms with Gasteiger partial charge in [-0.25, -0.2) is 0 Å². The Balaban J connectivity index is 1.64. The molecule has 3 aromatic carbocycles. The fraction of sp³-hybridized carbons (Fsp3) is 0.154. The number of nitrogens with zero attached hydrogens (tertiary/aromatic N) is 2. The number of nitro benzene ring substituents is 1. The summed E-state index contributed by atoms with van der Waals surface area (Å²) >= 11 is 0. The summed E-state index contributed by atoms with van der Waals surface area (Å²) in [7, 11) is 3.15.